The molecule has 0 nitrogen and oxygen atoms in total. The van der Waals surface area contributed by atoms with Gasteiger partial charge in [-0.05, 0) is 12.3 Å². The van der Waals surface area contributed by atoms with Gasteiger partial charge in [0.25, 0.3) is 0 Å². The molecule has 0 aliphatic carbocycles. The normalized spacial score (nSPS) is 10.2. The molecule has 0 spiro atoms. The Balaban J connectivity index is 3.17. The summed E-state index contributed by atoms with van der Waals surface area (Å²) in [7, 11) is 0. The van der Waals surface area contributed by atoms with Crippen molar-refractivity contribution < 1.29 is 0 Å². The van der Waals surface area contributed by atoms with Crippen LogP contribution in [-0.2, 0) is 0 Å². The van der Waals surface area contributed by atoms with Gasteiger partial charge in [0.15, 0.2) is 0 Å². The Morgan fingerprint density at radius 1 is 1.00 bits per heavy atom. The van der Waals surface area contributed by atoms with Gasteiger partial charge in [0.05, 0.1) is 0 Å². The maximum Gasteiger partial charge on any atom is -0.00589 e. The quantitative estimate of drug-likeness (QED) is 0.372. The third-order valence-corrected chi connectivity index (χ3v) is 2.25. The molecule has 0 amide bonds. The van der Waals surface area contributed by atoms with Gasteiger partial charge in [0.2, 0.25) is 0 Å². The second-order valence-corrected chi connectivity index (χ2v) is 3.34. The van der Waals surface area contributed by atoms with E-state index in [1.165, 1.54) is 38.5 Å². The van der Waals surface area contributed by atoms with E-state index in [0.717, 1.165) is 0 Å². The maximum absolute atomic E-state index is 3.78. The first-order valence-electron chi connectivity index (χ1n) is 5.10. The summed E-state index contributed by atoms with van der Waals surface area (Å²) in [6.45, 7) is 9.80. The van der Waals surface area contributed by atoms with E-state index in [4.69, 9.17) is 0 Å². The number of unbranched alkanes of at least 4 members (excludes halogenated alkanes) is 4. The lowest BCUT2D eigenvalue weighted by Crippen LogP contribution is -1.90. The monoisotopic (exact) mass is 166 g/mol. The van der Waals surface area contributed by atoms with Crippen molar-refractivity contribution in [3.05, 3.63) is 25.3 Å². The SMILES string of the molecule is C=CC(C=C)CCCCCCC. The summed E-state index contributed by atoms with van der Waals surface area (Å²) >= 11 is 0. The number of hydrogen-bond donors (Lipinski definition) is 0. The zero-order valence-corrected chi connectivity index (χ0v) is 8.39. The highest BCUT2D eigenvalue weighted by Crippen LogP contribution is 2.12. The van der Waals surface area contributed by atoms with Crippen LogP contribution >= 0.6 is 0 Å². The summed E-state index contributed by atoms with van der Waals surface area (Å²) in [5.74, 6) is 0.534. The van der Waals surface area contributed by atoms with E-state index in [2.05, 4.69) is 20.1 Å². The van der Waals surface area contributed by atoms with Crippen molar-refractivity contribution in [1.29, 1.82) is 0 Å². The number of allylic oxidation sites excluding steroid dienone is 2. The number of rotatable bonds is 8. The molecule has 0 atom stereocenters. The molecule has 0 aromatic heterocycles. The average molecular weight is 166 g/mol. The highest BCUT2D eigenvalue weighted by Gasteiger charge is 1.97. The van der Waals surface area contributed by atoms with Crippen LogP contribution in [0.1, 0.15) is 45.4 Å². The Labute approximate surface area is 77.4 Å². The molecule has 0 rings (SSSR count). The summed E-state index contributed by atoms with van der Waals surface area (Å²) in [5, 5.41) is 0. The zero-order chi connectivity index (χ0) is 9.23. The van der Waals surface area contributed by atoms with Gasteiger partial charge in [-0.15, -0.1) is 13.2 Å². The van der Waals surface area contributed by atoms with Crippen LogP contribution < -0.4 is 0 Å². The lowest BCUT2D eigenvalue weighted by molar-refractivity contribution is 0.575. The molecular formula is C12H22. The van der Waals surface area contributed by atoms with Crippen molar-refractivity contribution in [3.63, 3.8) is 0 Å². The maximum atomic E-state index is 3.78. The van der Waals surface area contributed by atoms with E-state index >= 15 is 0 Å². The van der Waals surface area contributed by atoms with Gasteiger partial charge in [-0.1, -0.05) is 51.2 Å². The molecule has 0 bridgehead atoms. The minimum atomic E-state index is 0.534. The van der Waals surface area contributed by atoms with Crippen LogP contribution in [-0.4, -0.2) is 0 Å². The van der Waals surface area contributed by atoms with Gasteiger partial charge in [0, 0.05) is 0 Å². The van der Waals surface area contributed by atoms with Crippen molar-refractivity contribution in [3.8, 4) is 0 Å². The molecule has 0 radical (unpaired) electrons. The van der Waals surface area contributed by atoms with Gasteiger partial charge in [-0.3, -0.25) is 0 Å². The van der Waals surface area contributed by atoms with E-state index < -0.39 is 0 Å². The van der Waals surface area contributed by atoms with E-state index in [1.54, 1.807) is 0 Å². The van der Waals surface area contributed by atoms with Gasteiger partial charge >= 0.3 is 0 Å². The highest BCUT2D eigenvalue weighted by molar-refractivity contribution is 4.91. The van der Waals surface area contributed by atoms with Crippen molar-refractivity contribution in [2.75, 3.05) is 0 Å². The molecule has 12 heavy (non-hydrogen) atoms. The van der Waals surface area contributed by atoms with E-state index in [-0.39, 0.29) is 0 Å². The average Bonchev–Trinajstić information content (AvgIpc) is 2.11. The second kappa shape index (κ2) is 8.58. The fourth-order valence-corrected chi connectivity index (χ4v) is 1.32. The molecule has 0 unspecified atom stereocenters. The third kappa shape index (κ3) is 6.21. The first-order valence-corrected chi connectivity index (χ1v) is 5.10. The van der Waals surface area contributed by atoms with Crippen molar-refractivity contribution in [1.82, 2.24) is 0 Å². The Morgan fingerprint density at radius 3 is 2.08 bits per heavy atom. The third-order valence-electron chi connectivity index (χ3n) is 2.25. The summed E-state index contributed by atoms with van der Waals surface area (Å²) in [6.07, 6.45) is 12.0. The molecule has 0 fully saturated rings. The lowest BCUT2D eigenvalue weighted by Gasteiger charge is -2.05. The predicted octanol–water partition coefficient (Wildman–Crippen LogP) is 4.34. The van der Waals surface area contributed by atoms with Gasteiger partial charge < -0.3 is 0 Å². The summed E-state index contributed by atoms with van der Waals surface area (Å²) in [5.41, 5.74) is 0. The van der Waals surface area contributed by atoms with Crippen LogP contribution in [0, 0.1) is 5.92 Å². The minimum Gasteiger partial charge on any atom is -0.102 e. The number of hydrogen-bond acceptors (Lipinski definition) is 0. The summed E-state index contributed by atoms with van der Waals surface area (Å²) in [6, 6.07) is 0. The van der Waals surface area contributed by atoms with Gasteiger partial charge in [0.1, 0.15) is 0 Å². The van der Waals surface area contributed by atoms with E-state index in [9.17, 15) is 0 Å². The molecular weight excluding hydrogens is 144 g/mol. The van der Waals surface area contributed by atoms with Crippen molar-refractivity contribution in [2.45, 2.75) is 45.4 Å². The molecule has 0 aliphatic rings. The molecule has 0 aromatic rings. The topological polar surface area (TPSA) is 0 Å². The smallest absolute Gasteiger partial charge is 0.00589 e. The fraction of sp³-hybridized carbons (Fsp3) is 0.667. The standard InChI is InChI=1S/C12H22/c1-4-7-8-9-10-11-12(5-2)6-3/h5-6,12H,2-4,7-11H2,1H3. The Bertz CT molecular complexity index is 105. The first-order chi connectivity index (χ1) is 5.85. The van der Waals surface area contributed by atoms with Gasteiger partial charge in [-0.2, -0.15) is 0 Å². The molecule has 0 aliphatic heterocycles. The Hall–Kier alpha value is -0.520. The van der Waals surface area contributed by atoms with Crippen LogP contribution in [0.5, 0.6) is 0 Å². The Morgan fingerprint density at radius 2 is 1.58 bits per heavy atom. The van der Waals surface area contributed by atoms with E-state index in [1.807, 2.05) is 12.2 Å². The zero-order valence-electron chi connectivity index (χ0n) is 8.39. The van der Waals surface area contributed by atoms with Crippen molar-refractivity contribution in [2.24, 2.45) is 5.92 Å². The predicted molar refractivity (Wildman–Crippen MR) is 57.3 cm³/mol. The van der Waals surface area contributed by atoms with Gasteiger partial charge in [-0.25, -0.2) is 0 Å². The molecule has 0 N–H and O–H groups in total. The summed E-state index contributed by atoms with van der Waals surface area (Å²) in [4.78, 5) is 0. The van der Waals surface area contributed by atoms with E-state index in [0.29, 0.717) is 5.92 Å². The molecule has 0 saturated carbocycles. The molecule has 0 saturated heterocycles. The largest absolute Gasteiger partial charge is 0.102 e. The fourth-order valence-electron chi connectivity index (χ4n) is 1.32. The second-order valence-electron chi connectivity index (χ2n) is 3.34. The van der Waals surface area contributed by atoms with Crippen LogP contribution in [0.4, 0.5) is 0 Å². The van der Waals surface area contributed by atoms with Crippen molar-refractivity contribution >= 4 is 0 Å². The Kier molecular flexibility index (Phi) is 8.20. The molecule has 0 aromatic carbocycles. The minimum absolute atomic E-state index is 0.534. The molecule has 70 valence electrons. The first kappa shape index (κ1) is 11.5. The molecule has 0 heteroatoms. The van der Waals surface area contributed by atoms with Crippen LogP contribution in [0.2, 0.25) is 0 Å². The molecule has 0 heterocycles. The van der Waals surface area contributed by atoms with Crippen LogP contribution in [0.15, 0.2) is 25.3 Å². The lowest BCUT2D eigenvalue weighted by atomic mass is 10.0. The van der Waals surface area contributed by atoms with Crippen LogP contribution in [0.3, 0.4) is 0 Å². The highest BCUT2D eigenvalue weighted by atomic mass is 14.0. The van der Waals surface area contributed by atoms with Crippen LogP contribution in [0.25, 0.3) is 0 Å². The summed E-state index contributed by atoms with van der Waals surface area (Å²) < 4.78 is 0.